The molecule has 8 nitrogen and oxygen atoms in total. The minimum absolute atomic E-state index is 0.257. The lowest BCUT2D eigenvalue weighted by Crippen LogP contribution is -2.65. The Morgan fingerprint density at radius 2 is 1.73 bits per heavy atom. The van der Waals surface area contributed by atoms with E-state index in [4.69, 9.17) is 9.47 Å². The van der Waals surface area contributed by atoms with Gasteiger partial charge in [0.2, 0.25) is 0 Å². The highest BCUT2D eigenvalue weighted by molar-refractivity contribution is 6.05. The quantitative estimate of drug-likeness (QED) is 0.0785. The number of allylic oxidation sites excluding steroid dienone is 5. The van der Waals surface area contributed by atoms with E-state index in [2.05, 4.69) is 13.0 Å². The van der Waals surface area contributed by atoms with Crippen LogP contribution >= 0.6 is 0 Å². The largest absolute Gasteiger partial charge is 0.455 e. The first-order valence-corrected chi connectivity index (χ1v) is 16.7. The van der Waals surface area contributed by atoms with Crippen molar-refractivity contribution >= 4 is 11.8 Å². The second-order valence-corrected chi connectivity index (χ2v) is 14.6. The zero-order chi connectivity index (χ0) is 32.1. The summed E-state index contributed by atoms with van der Waals surface area (Å²) in [6.07, 6.45) is 20.2. The maximum Gasteiger partial charge on any atom is 0.331 e. The first-order chi connectivity index (χ1) is 20.8. The molecule has 0 aromatic carbocycles. The van der Waals surface area contributed by atoms with E-state index in [0.717, 1.165) is 6.42 Å². The van der Waals surface area contributed by atoms with Gasteiger partial charge in [0.15, 0.2) is 11.4 Å². The standard InChI is InChI=1S/C36H52O8/c1-6-7-8-9-10-11-12-13-14-15-16-17-18-19-26(38)43-34-21-24(3)35(41)25-20-23(2)29(39)36(25,42)31(40)33(22-37)30(44-33)27(35)28(34)32(34,4)5/h14-20,24-25,27-28,30-31,37,40-42H,6-13,21-22H2,1-5H3/b15-14-,17-16-,19-18-/t24-,25+,27-,28-,30+,31-,33+,34+,35+,36-/m1/s1. The van der Waals surface area contributed by atoms with E-state index in [9.17, 15) is 30.0 Å². The average Bonchev–Trinajstić information content (AvgIpc) is 3.80. The van der Waals surface area contributed by atoms with Crippen LogP contribution in [0.4, 0.5) is 0 Å². The highest BCUT2D eigenvalue weighted by Gasteiger charge is 2.90. The summed E-state index contributed by atoms with van der Waals surface area (Å²) in [5.74, 6) is -3.85. The summed E-state index contributed by atoms with van der Waals surface area (Å²) in [6.45, 7) is 8.97. The van der Waals surface area contributed by atoms with Crippen LogP contribution < -0.4 is 0 Å². The van der Waals surface area contributed by atoms with Crippen LogP contribution in [0.2, 0.25) is 0 Å². The molecule has 0 aromatic rings. The third-order valence-corrected chi connectivity index (χ3v) is 11.9. The van der Waals surface area contributed by atoms with Crippen molar-refractivity contribution in [3.8, 4) is 0 Å². The highest BCUT2D eigenvalue weighted by Crippen LogP contribution is 2.79. The Kier molecular flexibility index (Phi) is 9.01. The molecular formula is C36H52O8. The van der Waals surface area contributed by atoms with Crippen molar-refractivity contribution in [3.05, 3.63) is 48.1 Å². The Morgan fingerprint density at radius 1 is 1.07 bits per heavy atom. The zero-order valence-corrected chi connectivity index (χ0v) is 27.0. The number of rotatable bonds is 13. The van der Waals surface area contributed by atoms with E-state index in [1.54, 1.807) is 25.2 Å². The predicted octanol–water partition coefficient (Wildman–Crippen LogP) is 4.50. The van der Waals surface area contributed by atoms with Gasteiger partial charge in [-0.1, -0.05) is 103 Å². The molecule has 0 unspecified atom stereocenters. The SMILES string of the molecule is CCCCCCCCC\C=C/C=C\C=C/C(=O)O[C@@]12C[C@@H](C)[C@@]3(O)[C@H]([C@@H]1C2(C)C)[C@@H]1O[C@]1(CO)[C@@H](O)[C@]1(O)C(=O)C(C)=C[C@H]13. The molecule has 4 N–H and O–H groups in total. The van der Waals surface area contributed by atoms with Gasteiger partial charge in [0.1, 0.15) is 17.3 Å². The summed E-state index contributed by atoms with van der Waals surface area (Å²) in [6, 6.07) is 0. The number of fused-ring (bicyclic) bond motifs is 7. The number of epoxide rings is 1. The van der Waals surface area contributed by atoms with Crippen molar-refractivity contribution in [2.24, 2.45) is 29.1 Å². The van der Waals surface area contributed by atoms with E-state index in [1.807, 2.05) is 32.9 Å². The van der Waals surface area contributed by atoms with Gasteiger partial charge in [0.25, 0.3) is 0 Å². The van der Waals surface area contributed by atoms with Crippen LogP contribution in [0.25, 0.3) is 0 Å². The number of aliphatic hydroxyl groups is 4. The van der Waals surface area contributed by atoms with Gasteiger partial charge < -0.3 is 29.9 Å². The number of aliphatic hydroxyl groups excluding tert-OH is 2. The molecule has 0 bridgehead atoms. The maximum absolute atomic E-state index is 13.3. The van der Waals surface area contributed by atoms with Crippen LogP contribution in [0.5, 0.6) is 0 Å². The van der Waals surface area contributed by atoms with Crippen LogP contribution in [0.15, 0.2) is 48.1 Å². The Morgan fingerprint density at radius 3 is 2.41 bits per heavy atom. The smallest absolute Gasteiger partial charge is 0.331 e. The molecule has 0 amide bonds. The highest BCUT2D eigenvalue weighted by atomic mass is 16.6. The molecule has 3 saturated carbocycles. The summed E-state index contributed by atoms with van der Waals surface area (Å²) >= 11 is 0. The zero-order valence-electron chi connectivity index (χ0n) is 27.0. The molecule has 1 heterocycles. The number of esters is 1. The van der Waals surface area contributed by atoms with Gasteiger partial charge in [-0.15, -0.1) is 0 Å². The molecule has 1 aliphatic heterocycles. The van der Waals surface area contributed by atoms with Gasteiger partial charge in [0, 0.05) is 29.2 Å². The van der Waals surface area contributed by atoms with Crippen molar-refractivity contribution in [3.63, 3.8) is 0 Å². The molecule has 8 heteroatoms. The monoisotopic (exact) mass is 612 g/mol. The van der Waals surface area contributed by atoms with E-state index >= 15 is 0 Å². The van der Waals surface area contributed by atoms with Crippen LogP contribution in [-0.4, -0.2) is 73.4 Å². The third-order valence-electron chi connectivity index (χ3n) is 11.9. The number of unbranched alkanes of at least 4 members (excludes halogenated alkanes) is 7. The Labute approximate surface area is 261 Å². The van der Waals surface area contributed by atoms with Crippen molar-refractivity contribution < 1.29 is 39.5 Å². The lowest BCUT2D eigenvalue weighted by molar-refractivity contribution is -0.214. The normalized spacial score (nSPS) is 43.4. The Hall–Kier alpha value is -2.10. The van der Waals surface area contributed by atoms with Crippen LogP contribution in [0, 0.1) is 29.1 Å². The fourth-order valence-corrected chi connectivity index (χ4v) is 9.31. The van der Waals surface area contributed by atoms with Gasteiger partial charge in [-0.3, -0.25) is 4.79 Å². The van der Waals surface area contributed by atoms with E-state index in [0.29, 0.717) is 6.42 Å². The fraction of sp³-hybridized carbons (Fsp3) is 0.722. The van der Waals surface area contributed by atoms with E-state index in [-0.39, 0.29) is 11.5 Å². The summed E-state index contributed by atoms with van der Waals surface area (Å²) in [5, 5.41) is 46.1. The van der Waals surface area contributed by atoms with Crippen molar-refractivity contribution in [2.75, 3.05) is 6.61 Å². The second-order valence-electron chi connectivity index (χ2n) is 14.6. The number of Topliss-reactive ketones (excluding diaryl/α,β-unsaturated/α-hetero) is 1. The first-order valence-electron chi connectivity index (χ1n) is 16.7. The third kappa shape index (κ3) is 4.82. The molecule has 5 aliphatic rings. The molecule has 4 fully saturated rings. The summed E-state index contributed by atoms with van der Waals surface area (Å²) < 4.78 is 12.2. The number of carbonyl (C=O) groups is 2. The van der Waals surface area contributed by atoms with E-state index < -0.39 is 76.1 Å². The van der Waals surface area contributed by atoms with Gasteiger partial charge in [-0.05, 0) is 37.7 Å². The van der Waals surface area contributed by atoms with E-state index in [1.165, 1.54) is 51.0 Å². The minimum Gasteiger partial charge on any atom is -0.455 e. The predicted molar refractivity (Wildman–Crippen MR) is 166 cm³/mol. The fourth-order valence-electron chi connectivity index (χ4n) is 9.31. The number of carbonyl (C=O) groups excluding carboxylic acids is 2. The van der Waals surface area contributed by atoms with Gasteiger partial charge in [0.05, 0.1) is 18.3 Å². The van der Waals surface area contributed by atoms with Crippen LogP contribution in [-0.2, 0) is 19.1 Å². The minimum atomic E-state index is -2.33. The summed E-state index contributed by atoms with van der Waals surface area (Å²) in [7, 11) is 0. The number of ether oxygens (including phenoxy) is 2. The van der Waals surface area contributed by atoms with Gasteiger partial charge in [-0.25, -0.2) is 4.79 Å². The molecule has 244 valence electrons. The average molecular weight is 613 g/mol. The molecule has 0 radical (unpaired) electrons. The molecule has 44 heavy (non-hydrogen) atoms. The van der Waals surface area contributed by atoms with Crippen molar-refractivity contribution in [1.82, 2.24) is 0 Å². The van der Waals surface area contributed by atoms with Gasteiger partial charge in [-0.2, -0.15) is 0 Å². The lowest BCUT2D eigenvalue weighted by atomic mass is 9.59. The first kappa shape index (κ1) is 33.3. The Balaban J connectivity index is 1.26. The van der Waals surface area contributed by atoms with Crippen molar-refractivity contribution in [1.29, 1.82) is 0 Å². The topological polar surface area (TPSA) is 137 Å². The molecule has 1 saturated heterocycles. The lowest BCUT2D eigenvalue weighted by Gasteiger charge is -2.51. The number of ketones is 1. The molecule has 10 atom stereocenters. The summed E-state index contributed by atoms with van der Waals surface area (Å²) in [4.78, 5) is 26.4. The summed E-state index contributed by atoms with van der Waals surface area (Å²) in [5.41, 5.74) is -6.77. The molecular weight excluding hydrogens is 560 g/mol. The van der Waals surface area contributed by atoms with Gasteiger partial charge >= 0.3 is 5.97 Å². The van der Waals surface area contributed by atoms with Crippen molar-refractivity contribution in [2.45, 2.75) is 127 Å². The Bertz CT molecular complexity index is 1250. The number of hydrogen-bond donors (Lipinski definition) is 4. The second kappa shape index (κ2) is 11.9. The molecule has 4 aliphatic carbocycles. The maximum atomic E-state index is 13.3. The van der Waals surface area contributed by atoms with Crippen LogP contribution in [0.3, 0.4) is 0 Å². The molecule has 0 spiro atoms. The molecule has 0 aromatic heterocycles. The van der Waals surface area contributed by atoms with Crippen LogP contribution in [0.1, 0.15) is 92.4 Å². The number of hydrogen-bond acceptors (Lipinski definition) is 8. The molecule has 5 rings (SSSR count).